The summed E-state index contributed by atoms with van der Waals surface area (Å²) in [4.78, 5) is 0. The number of nitrogens with zero attached hydrogens (tertiary/aromatic N) is 2. The molecule has 1 rings (SSSR count). The molecule has 1 unspecified atom stereocenters. The van der Waals surface area contributed by atoms with Gasteiger partial charge in [-0.3, -0.25) is 4.68 Å². The summed E-state index contributed by atoms with van der Waals surface area (Å²) in [7, 11) is 1.89. The Morgan fingerprint density at radius 1 is 1.79 bits per heavy atom. The van der Waals surface area contributed by atoms with E-state index in [1.807, 2.05) is 19.4 Å². The molecule has 76 valence electrons. The van der Waals surface area contributed by atoms with E-state index in [1.54, 1.807) is 4.68 Å². The molecule has 0 aliphatic rings. The lowest BCUT2D eigenvalue weighted by Crippen LogP contribution is -2.28. The van der Waals surface area contributed by atoms with Gasteiger partial charge in [-0.15, -0.1) is 12.3 Å². The minimum Gasteiger partial charge on any atom is -0.329 e. The van der Waals surface area contributed by atoms with Crippen molar-refractivity contribution in [3.63, 3.8) is 0 Å². The molecule has 1 heterocycles. The van der Waals surface area contributed by atoms with Crippen LogP contribution in [0.1, 0.15) is 18.0 Å². The highest BCUT2D eigenvalue weighted by Gasteiger charge is 2.09. The minimum atomic E-state index is 0.150. The second kappa shape index (κ2) is 5.43. The molecule has 3 N–H and O–H groups in total. The third kappa shape index (κ3) is 2.87. The van der Waals surface area contributed by atoms with Crippen LogP contribution < -0.4 is 11.1 Å². The van der Waals surface area contributed by atoms with Crippen molar-refractivity contribution in [2.24, 2.45) is 12.8 Å². The Morgan fingerprint density at radius 2 is 2.57 bits per heavy atom. The molecule has 0 bridgehead atoms. The molecule has 14 heavy (non-hydrogen) atoms. The maximum absolute atomic E-state index is 5.65. The molecule has 0 aliphatic carbocycles. The summed E-state index contributed by atoms with van der Waals surface area (Å²) in [6, 6.07) is 0.150. The number of hydrogen-bond donors (Lipinski definition) is 2. The van der Waals surface area contributed by atoms with Crippen molar-refractivity contribution < 1.29 is 0 Å². The van der Waals surface area contributed by atoms with Crippen LogP contribution in [0.2, 0.25) is 0 Å². The van der Waals surface area contributed by atoms with Crippen LogP contribution in [-0.2, 0) is 7.05 Å². The van der Waals surface area contributed by atoms with Gasteiger partial charge in [0.25, 0.3) is 0 Å². The monoisotopic (exact) mass is 192 g/mol. The Morgan fingerprint density at radius 3 is 3.07 bits per heavy atom. The van der Waals surface area contributed by atoms with Gasteiger partial charge in [0, 0.05) is 44.4 Å². The van der Waals surface area contributed by atoms with E-state index in [0.29, 0.717) is 6.54 Å². The van der Waals surface area contributed by atoms with Crippen molar-refractivity contribution in [1.29, 1.82) is 0 Å². The smallest absolute Gasteiger partial charge is 0.0538 e. The average molecular weight is 192 g/mol. The average Bonchev–Trinajstić information content (AvgIpc) is 2.60. The van der Waals surface area contributed by atoms with Gasteiger partial charge in [-0.2, -0.15) is 5.10 Å². The predicted octanol–water partition coefficient (Wildman–Crippen LogP) is 0.0328. The Kier molecular flexibility index (Phi) is 4.17. The van der Waals surface area contributed by atoms with E-state index in [1.165, 1.54) is 0 Å². The number of hydrogen-bond acceptors (Lipinski definition) is 3. The molecular formula is C10H16N4. The van der Waals surface area contributed by atoms with Gasteiger partial charge in [0.15, 0.2) is 0 Å². The van der Waals surface area contributed by atoms with Gasteiger partial charge in [0.05, 0.1) is 6.20 Å². The molecule has 0 aliphatic heterocycles. The first-order valence-corrected chi connectivity index (χ1v) is 4.63. The van der Waals surface area contributed by atoms with Gasteiger partial charge in [-0.05, 0) is 0 Å². The second-order valence-corrected chi connectivity index (χ2v) is 3.14. The minimum absolute atomic E-state index is 0.150. The normalized spacial score (nSPS) is 12.4. The van der Waals surface area contributed by atoms with Crippen molar-refractivity contribution in [3.8, 4) is 12.3 Å². The fourth-order valence-electron chi connectivity index (χ4n) is 1.28. The summed E-state index contributed by atoms with van der Waals surface area (Å²) in [6.07, 6.45) is 9.66. The maximum atomic E-state index is 5.65. The number of rotatable bonds is 5. The van der Waals surface area contributed by atoms with Crippen molar-refractivity contribution in [2.75, 3.05) is 13.1 Å². The van der Waals surface area contributed by atoms with E-state index in [4.69, 9.17) is 12.2 Å². The van der Waals surface area contributed by atoms with Crippen LogP contribution in [0.3, 0.4) is 0 Å². The van der Waals surface area contributed by atoms with Crippen molar-refractivity contribution in [3.05, 3.63) is 18.0 Å². The zero-order chi connectivity index (χ0) is 10.4. The number of nitrogens with one attached hydrogen (secondary N) is 1. The molecule has 0 saturated heterocycles. The zero-order valence-electron chi connectivity index (χ0n) is 8.40. The lowest BCUT2D eigenvalue weighted by molar-refractivity contribution is 0.550. The molecule has 0 amide bonds. The van der Waals surface area contributed by atoms with E-state index in [9.17, 15) is 0 Å². The molecule has 1 aromatic heterocycles. The standard InChI is InChI=1S/C10H16N4/c1-3-4-5-12-10(6-11)9-7-13-14(2)8-9/h1,7-8,10,12H,4-6,11H2,2H3. The largest absolute Gasteiger partial charge is 0.329 e. The molecule has 1 aromatic rings. The number of aromatic nitrogens is 2. The lowest BCUT2D eigenvalue weighted by Gasteiger charge is -2.13. The molecule has 1 atom stereocenters. The van der Waals surface area contributed by atoms with E-state index in [2.05, 4.69) is 16.3 Å². The van der Waals surface area contributed by atoms with Crippen LogP contribution in [-0.4, -0.2) is 22.9 Å². The van der Waals surface area contributed by atoms with Crippen LogP contribution in [0.4, 0.5) is 0 Å². The van der Waals surface area contributed by atoms with Gasteiger partial charge < -0.3 is 11.1 Å². The van der Waals surface area contributed by atoms with Crippen LogP contribution in [0.25, 0.3) is 0 Å². The summed E-state index contributed by atoms with van der Waals surface area (Å²) in [5.74, 6) is 2.58. The maximum Gasteiger partial charge on any atom is 0.0538 e. The lowest BCUT2D eigenvalue weighted by atomic mass is 10.1. The van der Waals surface area contributed by atoms with Gasteiger partial charge in [-0.25, -0.2) is 0 Å². The zero-order valence-corrected chi connectivity index (χ0v) is 8.40. The Balaban J connectivity index is 2.50. The third-order valence-corrected chi connectivity index (χ3v) is 2.02. The van der Waals surface area contributed by atoms with Crippen LogP contribution in [0, 0.1) is 12.3 Å². The fourth-order valence-corrected chi connectivity index (χ4v) is 1.28. The fraction of sp³-hybridized carbons (Fsp3) is 0.500. The number of aryl methyl sites for hydroxylation is 1. The van der Waals surface area contributed by atoms with E-state index < -0.39 is 0 Å². The molecule has 0 saturated carbocycles. The Hall–Kier alpha value is -1.31. The summed E-state index contributed by atoms with van der Waals surface area (Å²) in [5.41, 5.74) is 6.75. The summed E-state index contributed by atoms with van der Waals surface area (Å²) < 4.78 is 1.76. The number of nitrogens with two attached hydrogens (primary N) is 1. The second-order valence-electron chi connectivity index (χ2n) is 3.14. The predicted molar refractivity (Wildman–Crippen MR) is 56.5 cm³/mol. The van der Waals surface area contributed by atoms with Crippen molar-refractivity contribution in [1.82, 2.24) is 15.1 Å². The first kappa shape index (κ1) is 10.8. The highest BCUT2D eigenvalue weighted by Crippen LogP contribution is 2.09. The quantitative estimate of drug-likeness (QED) is 0.511. The number of terminal acetylenes is 1. The highest BCUT2D eigenvalue weighted by atomic mass is 15.2. The SMILES string of the molecule is C#CCCNC(CN)c1cnn(C)c1. The van der Waals surface area contributed by atoms with Gasteiger partial charge in [0.1, 0.15) is 0 Å². The molecule has 4 heteroatoms. The molecule has 4 nitrogen and oxygen atoms in total. The Labute approximate surface area is 84.5 Å². The van der Waals surface area contributed by atoms with Gasteiger partial charge in [-0.1, -0.05) is 0 Å². The molecular weight excluding hydrogens is 176 g/mol. The third-order valence-electron chi connectivity index (χ3n) is 2.02. The summed E-state index contributed by atoms with van der Waals surface area (Å²) in [5, 5.41) is 7.37. The first-order valence-electron chi connectivity index (χ1n) is 4.63. The van der Waals surface area contributed by atoms with Crippen LogP contribution >= 0.6 is 0 Å². The summed E-state index contributed by atoms with van der Waals surface area (Å²) >= 11 is 0. The van der Waals surface area contributed by atoms with E-state index in [0.717, 1.165) is 18.5 Å². The van der Waals surface area contributed by atoms with Crippen molar-refractivity contribution >= 4 is 0 Å². The topological polar surface area (TPSA) is 55.9 Å². The van der Waals surface area contributed by atoms with E-state index >= 15 is 0 Å². The van der Waals surface area contributed by atoms with Gasteiger partial charge in [0.2, 0.25) is 0 Å². The first-order chi connectivity index (χ1) is 6.77. The van der Waals surface area contributed by atoms with E-state index in [-0.39, 0.29) is 6.04 Å². The molecule has 0 radical (unpaired) electrons. The van der Waals surface area contributed by atoms with Gasteiger partial charge >= 0.3 is 0 Å². The Bertz CT molecular complexity index is 310. The van der Waals surface area contributed by atoms with Crippen molar-refractivity contribution in [2.45, 2.75) is 12.5 Å². The highest BCUT2D eigenvalue weighted by molar-refractivity contribution is 5.10. The summed E-state index contributed by atoms with van der Waals surface area (Å²) in [6.45, 7) is 1.34. The molecule has 0 aromatic carbocycles. The van der Waals surface area contributed by atoms with Crippen LogP contribution in [0.5, 0.6) is 0 Å². The molecule has 0 fully saturated rings. The molecule has 0 spiro atoms. The van der Waals surface area contributed by atoms with Crippen LogP contribution in [0.15, 0.2) is 12.4 Å².